The topological polar surface area (TPSA) is 59.0 Å². The van der Waals surface area contributed by atoms with Crippen molar-refractivity contribution in [3.05, 3.63) is 47.1 Å². The molecule has 7 heteroatoms. The number of hydrogen-bond donors (Lipinski definition) is 0. The second-order valence-electron chi connectivity index (χ2n) is 8.67. The number of ether oxygens (including phenoxy) is 5. The minimum atomic E-state index is 0.0263. The summed E-state index contributed by atoms with van der Waals surface area (Å²) in [6, 6.07) is 11.7. The van der Waals surface area contributed by atoms with Crippen LogP contribution in [0.15, 0.2) is 47.1 Å². The Morgan fingerprint density at radius 2 is 1.73 bits per heavy atom. The van der Waals surface area contributed by atoms with Crippen molar-refractivity contribution in [1.29, 1.82) is 0 Å². The van der Waals surface area contributed by atoms with E-state index in [0.29, 0.717) is 5.88 Å². The Balaban J connectivity index is 1.05. The first-order valence-corrected chi connectivity index (χ1v) is 12.9. The van der Waals surface area contributed by atoms with Gasteiger partial charge in [0.15, 0.2) is 6.29 Å². The van der Waals surface area contributed by atoms with Gasteiger partial charge in [0.05, 0.1) is 6.61 Å². The van der Waals surface area contributed by atoms with Crippen LogP contribution in [0.25, 0.3) is 0 Å². The van der Waals surface area contributed by atoms with Gasteiger partial charge in [-0.3, -0.25) is 0 Å². The smallest absolute Gasteiger partial charge is 0.213 e. The largest absolute Gasteiger partial charge is 0.493 e. The van der Waals surface area contributed by atoms with Gasteiger partial charge in [0.1, 0.15) is 23.7 Å². The summed E-state index contributed by atoms with van der Waals surface area (Å²) in [5.41, 5.74) is 0. The fraction of sp³-hybridized carbons (Fsp3) is 0.577. The molecule has 0 radical (unpaired) electrons. The van der Waals surface area contributed by atoms with Crippen LogP contribution < -0.4 is 14.2 Å². The van der Waals surface area contributed by atoms with Crippen molar-refractivity contribution in [3.8, 4) is 17.4 Å². The van der Waals surface area contributed by atoms with E-state index in [9.17, 15) is 0 Å². The van der Waals surface area contributed by atoms with Crippen LogP contribution in [0.2, 0.25) is 0 Å². The van der Waals surface area contributed by atoms with Crippen molar-refractivity contribution >= 4 is 15.9 Å². The summed E-state index contributed by atoms with van der Waals surface area (Å²) in [6.07, 6.45) is 11.6. The van der Waals surface area contributed by atoms with Crippen LogP contribution in [-0.2, 0) is 9.47 Å². The minimum Gasteiger partial charge on any atom is -0.493 e. The molecule has 0 spiro atoms. The molecule has 0 amide bonds. The van der Waals surface area contributed by atoms with Gasteiger partial charge in [-0.1, -0.05) is 12.5 Å². The standard InChI is InChI=1S/C26H34BrNO5/c27-20-11-12-25(28-19-20)33-24-17-23(18-24)32-22-9-7-8-21(16-22)29-13-4-1-2-5-14-30-26-10-3-6-15-31-26/h7-9,11-12,16,19,23-24,26H,1-6,10,13-15,17-18H2/t23-,24-,26?. The molecule has 2 heterocycles. The Kier molecular flexibility index (Phi) is 9.69. The van der Waals surface area contributed by atoms with Crippen LogP contribution in [0.4, 0.5) is 0 Å². The van der Waals surface area contributed by atoms with Gasteiger partial charge in [0.25, 0.3) is 0 Å². The first kappa shape index (κ1) is 24.3. The number of halogens is 1. The summed E-state index contributed by atoms with van der Waals surface area (Å²) >= 11 is 3.38. The SMILES string of the molecule is Brc1ccc(O[C@H]2C[C@H](Oc3cccc(OCCCCCCOC4CCCCO4)c3)C2)nc1. The van der Waals surface area contributed by atoms with E-state index >= 15 is 0 Å². The fourth-order valence-electron chi connectivity index (χ4n) is 3.95. The lowest BCUT2D eigenvalue weighted by molar-refractivity contribution is -0.162. The van der Waals surface area contributed by atoms with Crippen molar-refractivity contribution in [1.82, 2.24) is 4.98 Å². The maximum absolute atomic E-state index is 6.09. The summed E-state index contributed by atoms with van der Waals surface area (Å²) < 4.78 is 30.2. The van der Waals surface area contributed by atoms with E-state index in [1.54, 1.807) is 6.20 Å². The van der Waals surface area contributed by atoms with Crippen molar-refractivity contribution in [3.63, 3.8) is 0 Å². The normalized spacial score (nSPS) is 22.4. The van der Waals surface area contributed by atoms with Crippen LogP contribution in [-0.4, -0.2) is 43.3 Å². The number of nitrogens with zero attached hydrogens (tertiary/aromatic N) is 1. The molecular weight excluding hydrogens is 486 g/mol. The van der Waals surface area contributed by atoms with E-state index in [1.165, 1.54) is 6.42 Å². The Hall–Kier alpha value is -1.83. The summed E-state index contributed by atoms with van der Waals surface area (Å²) in [5, 5.41) is 0. The van der Waals surface area contributed by atoms with Gasteiger partial charge in [-0.15, -0.1) is 0 Å². The van der Waals surface area contributed by atoms with Crippen molar-refractivity contribution < 1.29 is 23.7 Å². The van der Waals surface area contributed by atoms with Crippen LogP contribution in [0.1, 0.15) is 57.8 Å². The van der Waals surface area contributed by atoms with E-state index in [2.05, 4.69) is 20.9 Å². The average Bonchev–Trinajstić information content (AvgIpc) is 2.81. The predicted octanol–water partition coefficient (Wildman–Crippen LogP) is 6.32. The number of unbranched alkanes of at least 4 members (excludes halogenated alkanes) is 3. The third kappa shape index (κ3) is 8.47. The third-order valence-corrected chi connectivity index (χ3v) is 6.37. The van der Waals surface area contributed by atoms with Gasteiger partial charge in [0, 0.05) is 48.9 Å². The minimum absolute atomic E-state index is 0.0263. The Morgan fingerprint density at radius 3 is 2.52 bits per heavy atom. The van der Waals surface area contributed by atoms with Gasteiger partial charge in [-0.2, -0.15) is 0 Å². The van der Waals surface area contributed by atoms with Crippen molar-refractivity contribution in [2.75, 3.05) is 19.8 Å². The number of rotatable bonds is 13. The first-order valence-electron chi connectivity index (χ1n) is 12.2. The molecule has 1 aliphatic carbocycles. The molecule has 0 N–H and O–H groups in total. The van der Waals surface area contributed by atoms with Gasteiger partial charge in [0.2, 0.25) is 5.88 Å². The number of pyridine rings is 1. The average molecular weight is 520 g/mol. The maximum atomic E-state index is 6.09. The number of hydrogen-bond acceptors (Lipinski definition) is 6. The predicted molar refractivity (Wildman–Crippen MR) is 130 cm³/mol. The van der Waals surface area contributed by atoms with E-state index in [0.717, 1.165) is 87.2 Å². The Bertz CT molecular complexity index is 822. The van der Waals surface area contributed by atoms with Gasteiger partial charge >= 0.3 is 0 Å². The van der Waals surface area contributed by atoms with Gasteiger partial charge in [-0.05, 0) is 72.7 Å². The monoisotopic (exact) mass is 519 g/mol. The van der Waals surface area contributed by atoms with E-state index < -0.39 is 0 Å². The molecule has 4 rings (SSSR count). The molecule has 1 aromatic carbocycles. The molecule has 1 unspecified atom stereocenters. The van der Waals surface area contributed by atoms with Crippen LogP contribution >= 0.6 is 15.9 Å². The molecule has 1 saturated carbocycles. The molecular formula is C26H34BrNO5. The molecule has 2 fully saturated rings. The molecule has 0 bridgehead atoms. The molecule has 2 aromatic rings. The molecule has 33 heavy (non-hydrogen) atoms. The summed E-state index contributed by atoms with van der Waals surface area (Å²) in [7, 11) is 0. The van der Waals surface area contributed by atoms with Gasteiger partial charge < -0.3 is 23.7 Å². The molecule has 6 nitrogen and oxygen atoms in total. The zero-order valence-corrected chi connectivity index (χ0v) is 20.7. The van der Waals surface area contributed by atoms with Crippen molar-refractivity contribution in [2.45, 2.75) is 76.3 Å². The zero-order valence-electron chi connectivity index (χ0n) is 19.1. The summed E-state index contributed by atoms with van der Waals surface area (Å²) in [6.45, 7) is 2.35. The quantitative estimate of drug-likeness (QED) is 0.288. The molecule has 1 aromatic heterocycles. The summed E-state index contributed by atoms with van der Waals surface area (Å²) in [4.78, 5) is 4.26. The molecule has 1 saturated heterocycles. The highest BCUT2D eigenvalue weighted by Gasteiger charge is 2.33. The second-order valence-corrected chi connectivity index (χ2v) is 9.59. The Labute approximate surface area is 205 Å². The molecule has 1 atom stereocenters. The van der Waals surface area contributed by atoms with E-state index in [-0.39, 0.29) is 18.5 Å². The number of benzene rings is 1. The lowest BCUT2D eigenvalue weighted by Crippen LogP contribution is -2.41. The van der Waals surface area contributed by atoms with Crippen LogP contribution in [0, 0.1) is 0 Å². The van der Waals surface area contributed by atoms with Crippen LogP contribution in [0.3, 0.4) is 0 Å². The fourth-order valence-corrected chi connectivity index (χ4v) is 4.18. The first-order chi connectivity index (χ1) is 16.2. The third-order valence-electron chi connectivity index (χ3n) is 5.90. The Morgan fingerprint density at radius 1 is 0.909 bits per heavy atom. The molecule has 180 valence electrons. The lowest BCUT2D eigenvalue weighted by Gasteiger charge is -2.35. The number of aromatic nitrogens is 1. The van der Waals surface area contributed by atoms with Gasteiger partial charge in [-0.25, -0.2) is 4.98 Å². The van der Waals surface area contributed by atoms with Crippen LogP contribution in [0.5, 0.6) is 17.4 Å². The molecule has 1 aliphatic heterocycles. The second kappa shape index (κ2) is 13.2. The molecule has 2 aliphatic rings. The highest BCUT2D eigenvalue weighted by atomic mass is 79.9. The van der Waals surface area contributed by atoms with Crippen molar-refractivity contribution in [2.24, 2.45) is 0 Å². The highest BCUT2D eigenvalue weighted by molar-refractivity contribution is 9.10. The highest BCUT2D eigenvalue weighted by Crippen LogP contribution is 2.30. The zero-order chi connectivity index (χ0) is 22.7. The maximum Gasteiger partial charge on any atom is 0.213 e. The summed E-state index contributed by atoms with van der Waals surface area (Å²) in [5.74, 6) is 2.36. The van der Waals surface area contributed by atoms with E-state index in [4.69, 9.17) is 23.7 Å². The van der Waals surface area contributed by atoms with E-state index in [1.807, 2.05) is 36.4 Å². The lowest BCUT2D eigenvalue weighted by atomic mass is 9.92.